The van der Waals surface area contributed by atoms with E-state index < -0.39 is 15.1 Å². The van der Waals surface area contributed by atoms with Crippen LogP contribution in [0.25, 0.3) is 0 Å². The minimum Gasteiger partial charge on any atom is -0.496 e. The van der Waals surface area contributed by atoms with E-state index in [1.54, 1.807) is 0 Å². The molecule has 7 heteroatoms. The second-order valence-electron chi connectivity index (χ2n) is 3.94. The van der Waals surface area contributed by atoms with Gasteiger partial charge >= 0.3 is 10.2 Å². The molecule has 1 amide bonds. The average Bonchev–Trinajstić information content (AvgIpc) is 2.47. The van der Waals surface area contributed by atoms with Crippen molar-refractivity contribution in [2.24, 2.45) is 0 Å². The van der Waals surface area contributed by atoms with Crippen LogP contribution in [0.4, 0.5) is 3.89 Å². The summed E-state index contributed by atoms with van der Waals surface area (Å²) in [4.78, 5) is 11.0. The van der Waals surface area contributed by atoms with Crippen molar-refractivity contribution in [3.63, 3.8) is 0 Å². The topological polar surface area (TPSA) is 72.5 Å². The molecule has 18 heavy (non-hydrogen) atoms. The fourth-order valence-electron chi connectivity index (χ4n) is 2.09. The van der Waals surface area contributed by atoms with E-state index in [4.69, 9.17) is 4.74 Å². The summed E-state index contributed by atoms with van der Waals surface area (Å²) in [5.41, 5.74) is 0.751. The summed E-state index contributed by atoms with van der Waals surface area (Å²) in [7, 11) is -3.40. The molecule has 0 bridgehead atoms. The molecule has 0 unspecified atom stereocenters. The maximum absolute atomic E-state index is 13.2. The maximum Gasteiger partial charge on any atom is 0.332 e. The van der Waals surface area contributed by atoms with Gasteiger partial charge < -0.3 is 10.1 Å². The van der Waals surface area contributed by atoms with Crippen LogP contribution in [0, 0.1) is 0 Å². The number of fused-ring (bicyclic) bond motifs is 1. The number of nitrogens with one attached hydrogen (secondary N) is 1. The first-order chi connectivity index (χ1) is 8.43. The molecule has 1 aromatic rings. The van der Waals surface area contributed by atoms with Crippen LogP contribution < -0.4 is 10.1 Å². The molecule has 0 atom stereocenters. The summed E-state index contributed by atoms with van der Waals surface area (Å²) in [6.07, 6.45) is 0.249. The first-order valence-electron chi connectivity index (χ1n) is 5.33. The highest BCUT2D eigenvalue weighted by Crippen LogP contribution is 2.31. The predicted molar refractivity (Wildman–Crippen MR) is 61.7 cm³/mol. The molecular weight excluding hydrogens is 261 g/mol. The minimum absolute atomic E-state index is 0.162. The Hall–Kier alpha value is -1.63. The van der Waals surface area contributed by atoms with E-state index in [9.17, 15) is 17.1 Å². The highest BCUT2D eigenvalue weighted by Gasteiger charge is 2.26. The second kappa shape index (κ2) is 4.56. The fraction of sp³-hybridized carbons (Fsp3) is 0.364. The highest BCUT2D eigenvalue weighted by atomic mass is 32.3. The lowest BCUT2D eigenvalue weighted by atomic mass is 10.0. The van der Waals surface area contributed by atoms with Crippen LogP contribution in [0.15, 0.2) is 17.0 Å². The molecule has 1 N–H and O–H groups in total. The van der Waals surface area contributed by atoms with Crippen molar-refractivity contribution >= 4 is 16.1 Å². The van der Waals surface area contributed by atoms with Crippen LogP contribution in [0.3, 0.4) is 0 Å². The van der Waals surface area contributed by atoms with Crippen LogP contribution in [-0.2, 0) is 27.9 Å². The standard InChI is InChI=1S/C11H12FNO4S/c1-17-9-2-3-10(18(12,15)16)8-6-11(14)13-5-4-7(8)9/h2-3H,4-6H2,1H3,(H,13,14). The number of hydrogen-bond donors (Lipinski definition) is 1. The highest BCUT2D eigenvalue weighted by molar-refractivity contribution is 7.86. The molecule has 1 heterocycles. The smallest absolute Gasteiger partial charge is 0.332 e. The molecule has 0 aromatic heterocycles. The Morgan fingerprint density at radius 3 is 2.67 bits per heavy atom. The van der Waals surface area contributed by atoms with Gasteiger partial charge in [-0.2, -0.15) is 8.42 Å². The van der Waals surface area contributed by atoms with Gasteiger partial charge in [0.25, 0.3) is 0 Å². The Morgan fingerprint density at radius 1 is 1.33 bits per heavy atom. The molecule has 1 aromatic carbocycles. The van der Waals surface area contributed by atoms with E-state index >= 15 is 0 Å². The SMILES string of the molecule is COc1ccc(S(=O)(=O)F)c2c1CCNC(=O)C2. The summed E-state index contributed by atoms with van der Waals surface area (Å²) in [5.74, 6) is 0.140. The number of methoxy groups -OCH3 is 1. The zero-order chi connectivity index (χ0) is 13.3. The van der Waals surface area contributed by atoms with E-state index in [0.29, 0.717) is 24.3 Å². The number of benzene rings is 1. The Morgan fingerprint density at radius 2 is 2.06 bits per heavy atom. The van der Waals surface area contributed by atoms with Gasteiger partial charge in [0.2, 0.25) is 5.91 Å². The molecule has 0 radical (unpaired) electrons. The molecule has 0 spiro atoms. The molecule has 0 saturated heterocycles. The normalized spacial score (nSPS) is 15.6. The summed E-state index contributed by atoms with van der Waals surface area (Å²) in [6, 6.07) is 2.53. The first-order valence-corrected chi connectivity index (χ1v) is 6.72. The van der Waals surface area contributed by atoms with E-state index in [0.717, 1.165) is 6.07 Å². The summed E-state index contributed by atoms with van der Waals surface area (Å²) in [5, 5.41) is 2.61. The van der Waals surface area contributed by atoms with Crippen LogP contribution in [0.2, 0.25) is 0 Å². The van der Waals surface area contributed by atoms with E-state index in [1.165, 1.54) is 13.2 Å². The number of amides is 1. The molecule has 0 saturated carbocycles. The largest absolute Gasteiger partial charge is 0.496 e. The molecule has 0 aliphatic carbocycles. The maximum atomic E-state index is 13.2. The Kier molecular flexibility index (Phi) is 3.25. The van der Waals surface area contributed by atoms with Gasteiger partial charge in [-0.3, -0.25) is 4.79 Å². The van der Waals surface area contributed by atoms with Gasteiger partial charge in [-0.1, -0.05) is 0 Å². The summed E-state index contributed by atoms with van der Waals surface area (Å²) in [6.45, 7) is 0.373. The van der Waals surface area contributed by atoms with Crippen LogP contribution in [0.5, 0.6) is 5.75 Å². The van der Waals surface area contributed by atoms with Gasteiger partial charge in [0.1, 0.15) is 10.6 Å². The lowest BCUT2D eigenvalue weighted by Crippen LogP contribution is -2.24. The molecule has 2 rings (SSSR count). The minimum atomic E-state index is -4.84. The molecule has 5 nitrogen and oxygen atoms in total. The predicted octanol–water partition coefficient (Wildman–Crippen LogP) is 0.568. The Labute approximate surface area is 104 Å². The van der Waals surface area contributed by atoms with Gasteiger partial charge in [-0.25, -0.2) is 0 Å². The number of carbonyl (C=O) groups is 1. The third kappa shape index (κ3) is 2.31. The van der Waals surface area contributed by atoms with Crippen molar-refractivity contribution in [2.45, 2.75) is 17.7 Å². The third-order valence-electron chi connectivity index (χ3n) is 2.86. The number of halogens is 1. The molecule has 98 valence electrons. The third-order valence-corrected chi connectivity index (χ3v) is 3.77. The van der Waals surface area contributed by atoms with Gasteiger partial charge in [-0.15, -0.1) is 3.89 Å². The fourth-order valence-corrected chi connectivity index (χ4v) is 2.81. The summed E-state index contributed by atoms with van der Waals surface area (Å²) < 4.78 is 40.5. The summed E-state index contributed by atoms with van der Waals surface area (Å²) >= 11 is 0. The van der Waals surface area contributed by atoms with Crippen molar-refractivity contribution < 1.29 is 21.8 Å². The van der Waals surface area contributed by atoms with Crippen LogP contribution in [0.1, 0.15) is 11.1 Å². The van der Waals surface area contributed by atoms with E-state index in [2.05, 4.69) is 5.32 Å². The second-order valence-corrected chi connectivity index (χ2v) is 5.25. The molecule has 1 aliphatic heterocycles. The molecule has 1 aliphatic rings. The van der Waals surface area contributed by atoms with Crippen molar-refractivity contribution in [3.05, 3.63) is 23.3 Å². The monoisotopic (exact) mass is 273 g/mol. The number of hydrogen-bond acceptors (Lipinski definition) is 4. The van der Waals surface area contributed by atoms with Crippen molar-refractivity contribution in [1.29, 1.82) is 0 Å². The Bertz CT molecular complexity index is 597. The van der Waals surface area contributed by atoms with Gasteiger partial charge in [0, 0.05) is 12.1 Å². The molecule has 0 fully saturated rings. The van der Waals surface area contributed by atoms with Crippen molar-refractivity contribution in [2.75, 3.05) is 13.7 Å². The van der Waals surface area contributed by atoms with Gasteiger partial charge in [0.15, 0.2) is 0 Å². The molecular formula is C11H12FNO4S. The lowest BCUT2D eigenvalue weighted by molar-refractivity contribution is -0.120. The number of ether oxygens (including phenoxy) is 1. The zero-order valence-corrected chi connectivity index (χ0v) is 10.5. The average molecular weight is 273 g/mol. The van der Waals surface area contributed by atoms with E-state index in [-0.39, 0.29) is 17.9 Å². The van der Waals surface area contributed by atoms with Crippen LogP contribution in [-0.4, -0.2) is 28.0 Å². The van der Waals surface area contributed by atoms with E-state index in [1.807, 2.05) is 0 Å². The van der Waals surface area contributed by atoms with Crippen molar-refractivity contribution in [1.82, 2.24) is 5.32 Å². The number of rotatable bonds is 2. The zero-order valence-electron chi connectivity index (χ0n) is 9.70. The van der Waals surface area contributed by atoms with Crippen molar-refractivity contribution in [3.8, 4) is 5.75 Å². The quantitative estimate of drug-likeness (QED) is 0.799. The van der Waals surface area contributed by atoms with Gasteiger partial charge in [-0.05, 0) is 24.1 Å². The lowest BCUT2D eigenvalue weighted by Gasteiger charge is -2.12. The van der Waals surface area contributed by atoms with Crippen LogP contribution >= 0.6 is 0 Å². The number of carbonyl (C=O) groups excluding carboxylic acids is 1. The van der Waals surface area contributed by atoms with Gasteiger partial charge in [0.05, 0.1) is 13.5 Å². The first kappa shape index (κ1) is 12.8. The Balaban J connectivity index is 2.69.